The molecule has 0 radical (unpaired) electrons. The molecule has 0 spiro atoms. The quantitative estimate of drug-likeness (QED) is 0.764. The average Bonchev–Trinajstić information content (AvgIpc) is 2.39. The van der Waals surface area contributed by atoms with Gasteiger partial charge in [0.25, 0.3) is 0 Å². The Bertz CT molecular complexity index is 511. The van der Waals surface area contributed by atoms with Gasteiger partial charge in [0.05, 0.1) is 18.1 Å². The molecule has 0 N–H and O–H groups in total. The molecule has 1 aromatic carbocycles. The van der Waals surface area contributed by atoms with E-state index in [-0.39, 0.29) is 11.9 Å². The molecule has 2 rings (SSSR count). The van der Waals surface area contributed by atoms with E-state index in [0.717, 1.165) is 12.0 Å². The molecule has 92 valence electrons. The first kappa shape index (κ1) is 12.4. The summed E-state index contributed by atoms with van der Waals surface area (Å²) >= 11 is 0. The van der Waals surface area contributed by atoms with Crippen molar-refractivity contribution in [2.75, 3.05) is 0 Å². The summed E-state index contributed by atoms with van der Waals surface area (Å²) in [6.45, 7) is 1.99. The van der Waals surface area contributed by atoms with Gasteiger partial charge >= 0.3 is 5.97 Å². The van der Waals surface area contributed by atoms with Gasteiger partial charge in [-0.15, -0.1) is 0 Å². The average molecular weight is 241 g/mol. The predicted molar refractivity (Wildman–Crippen MR) is 67.3 cm³/mol. The van der Waals surface area contributed by atoms with Crippen molar-refractivity contribution in [1.29, 1.82) is 5.26 Å². The van der Waals surface area contributed by atoms with Crippen LogP contribution in [0.25, 0.3) is 0 Å². The predicted octanol–water partition coefficient (Wildman–Crippen LogP) is 2.98. The Hall–Kier alpha value is -2.08. The summed E-state index contributed by atoms with van der Waals surface area (Å²) in [6.07, 6.45) is 1.61. The number of esters is 1. The van der Waals surface area contributed by atoms with Crippen LogP contribution in [0.5, 0.6) is 0 Å². The summed E-state index contributed by atoms with van der Waals surface area (Å²) in [5.74, 6) is 0.300. The van der Waals surface area contributed by atoms with Gasteiger partial charge in [-0.25, -0.2) is 0 Å². The number of ether oxygens (including phenoxy) is 1. The van der Waals surface area contributed by atoms with Crippen LogP contribution in [0.2, 0.25) is 0 Å². The number of carbonyl (C=O) groups excluding carboxylic acids is 1. The second-order valence-corrected chi connectivity index (χ2v) is 4.39. The van der Waals surface area contributed by atoms with Crippen LogP contribution in [-0.4, -0.2) is 5.97 Å². The fraction of sp³-hybridized carbons (Fsp3) is 0.333. The van der Waals surface area contributed by atoms with E-state index in [1.54, 1.807) is 0 Å². The van der Waals surface area contributed by atoms with Gasteiger partial charge in [0, 0.05) is 12.3 Å². The molecule has 0 fully saturated rings. The van der Waals surface area contributed by atoms with Crippen molar-refractivity contribution in [1.82, 2.24) is 0 Å². The van der Waals surface area contributed by atoms with Gasteiger partial charge < -0.3 is 4.74 Å². The van der Waals surface area contributed by atoms with E-state index in [0.29, 0.717) is 24.2 Å². The van der Waals surface area contributed by atoms with Crippen molar-refractivity contribution in [3.05, 3.63) is 47.2 Å². The summed E-state index contributed by atoms with van der Waals surface area (Å²) in [5, 5.41) is 9.23. The molecule has 3 heteroatoms. The lowest BCUT2D eigenvalue weighted by Crippen LogP contribution is -2.21. The Morgan fingerprint density at radius 3 is 2.72 bits per heavy atom. The van der Waals surface area contributed by atoms with Crippen LogP contribution in [0.15, 0.2) is 41.7 Å². The highest BCUT2D eigenvalue weighted by Crippen LogP contribution is 2.30. The minimum absolute atomic E-state index is 0.00922. The minimum Gasteiger partial charge on any atom is -0.430 e. The molecule has 1 atom stereocenters. The normalized spacial score (nSPS) is 19.3. The first-order chi connectivity index (χ1) is 8.74. The summed E-state index contributed by atoms with van der Waals surface area (Å²) in [4.78, 5) is 11.5. The fourth-order valence-electron chi connectivity index (χ4n) is 2.18. The van der Waals surface area contributed by atoms with Gasteiger partial charge in [-0.3, -0.25) is 4.79 Å². The summed E-state index contributed by atoms with van der Waals surface area (Å²) in [5.41, 5.74) is 1.67. The molecule has 0 amide bonds. The van der Waals surface area contributed by atoms with Gasteiger partial charge in [0.15, 0.2) is 0 Å². The number of nitriles is 1. The third kappa shape index (κ3) is 2.60. The van der Waals surface area contributed by atoms with Crippen molar-refractivity contribution in [3.8, 4) is 6.07 Å². The van der Waals surface area contributed by atoms with Gasteiger partial charge in [0.1, 0.15) is 5.76 Å². The van der Waals surface area contributed by atoms with Gasteiger partial charge in [-0.1, -0.05) is 37.3 Å². The number of nitrogens with zero attached hydrogens (tertiary/aromatic N) is 1. The lowest BCUT2D eigenvalue weighted by Gasteiger charge is -2.22. The molecule has 0 aromatic heterocycles. The zero-order valence-corrected chi connectivity index (χ0v) is 10.3. The Balaban J connectivity index is 2.30. The van der Waals surface area contributed by atoms with Crippen LogP contribution in [0, 0.1) is 17.2 Å². The highest BCUT2D eigenvalue weighted by Gasteiger charge is 2.28. The van der Waals surface area contributed by atoms with Gasteiger partial charge in [-0.2, -0.15) is 5.26 Å². The van der Waals surface area contributed by atoms with Crippen LogP contribution in [0.4, 0.5) is 0 Å². The number of benzene rings is 1. The number of rotatable bonds is 3. The monoisotopic (exact) mass is 241 g/mol. The van der Waals surface area contributed by atoms with Crippen LogP contribution in [0.1, 0.15) is 25.3 Å². The van der Waals surface area contributed by atoms with E-state index in [4.69, 9.17) is 4.74 Å². The van der Waals surface area contributed by atoms with E-state index < -0.39 is 0 Å². The summed E-state index contributed by atoms with van der Waals surface area (Å²) in [7, 11) is 0. The molecule has 1 aromatic rings. The molecule has 1 heterocycles. The molecular formula is C15H15NO2. The topological polar surface area (TPSA) is 50.1 Å². The lowest BCUT2D eigenvalue weighted by atomic mass is 9.89. The summed E-state index contributed by atoms with van der Waals surface area (Å²) in [6, 6.07) is 11.9. The van der Waals surface area contributed by atoms with Crippen LogP contribution < -0.4 is 0 Å². The Labute approximate surface area is 107 Å². The Kier molecular flexibility index (Phi) is 3.78. The third-order valence-electron chi connectivity index (χ3n) is 3.18. The van der Waals surface area contributed by atoms with Crippen LogP contribution in [0.3, 0.4) is 0 Å². The largest absolute Gasteiger partial charge is 0.430 e. The molecule has 0 saturated carbocycles. The Morgan fingerprint density at radius 2 is 2.11 bits per heavy atom. The zero-order valence-electron chi connectivity index (χ0n) is 10.3. The van der Waals surface area contributed by atoms with Gasteiger partial charge in [-0.05, 0) is 12.0 Å². The van der Waals surface area contributed by atoms with Crippen LogP contribution in [-0.2, 0) is 16.0 Å². The maximum atomic E-state index is 11.5. The van der Waals surface area contributed by atoms with E-state index in [2.05, 4.69) is 6.07 Å². The molecule has 3 nitrogen and oxygen atoms in total. The lowest BCUT2D eigenvalue weighted by molar-refractivity contribution is -0.142. The maximum Gasteiger partial charge on any atom is 0.311 e. The zero-order chi connectivity index (χ0) is 13.0. The molecule has 0 aliphatic carbocycles. The van der Waals surface area contributed by atoms with Crippen molar-refractivity contribution >= 4 is 5.97 Å². The first-order valence-electron chi connectivity index (χ1n) is 6.12. The highest BCUT2D eigenvalue weighted by molar-refractivity contribution is 5.73. The molecule has 1 aliphatic heterocycles. The van der Waals surface area contributed by atoms with Gasteiger partial charge in [0.2, 0.25) is 0 Å². The molecule has 0 saturated heterocycles. The number of hydrogen-bond acceptors (Lipinski definition) is 3. The number of allylic oxidation sites excluding steroid dienone is 2. The SMILES string of the molecule is CC[C@@H]1CC(=O)OC(Cc2ccccc2)=C1C#N. The van der Waals surface area contributed by atoms with E-state index in [1.807, 2.05) is 37.3 Å². The maximum absolute atomic E-state index is 11.5. The molecule has 0 unspecified atom stereocenters. The summed E-state index contributed by atoms with van der Waals surface area (Å²) < 4.78 is 5.24. The first-order valence-corrected chi connectivity index (χ1v) is 6.12. The van der Waals surface area contributed by atoms with Crippen molar-refractivity contribution in [3.63, 3.8) is 0 Å². The number of cyclic esters (lactones) is 1. The van der Waals surface area contributed by atoms with E-state index >= 15 is 0 Å². The minimum atomic E-state index is -0.230. The van der Waals surface area contributed by atoms with Crippen molar-refractivity contribution in [2.24, 2.45) is 5.92 Å². The van der Waals surface area contributed by atoms with E-state index in [1.165, 1.54) is 0 Å². The molecular weight excluding hydrogens is 226 g/mol. The fourth-order valence-corrected chi connectivity index (χ4v) is 2.18. The second kappa shape index (κ2) is 5.50. The van der Waals surface area contributed by atoms with E-state index in [9.17, 15) is 10.1 Å². The second-order valence-electron chi connectivity index (χ2n) is 4.39. The molecule has 0 bridgehead atoms. The standard InChI is InChI=1S/C15H15NO2/c1-2-12-9-15(17)18-14(13(12)10-16)8-11-6-4-3-5-7-11/h3-7,12H,2,8-9H2,1H3/t12-/m1/s1. The number of carbonyl (C=O) groups is 1. The smallest absolute Gasteiger partial charge is 0.311 e. The number of hydrogen-bond donors (Lipinski definition) is 0. The third-order valence-corrected chi connectivity index (χ3v) is 3.18. The molecule has 18 heavy (non-hydrogen) atoms. The van der Waals surface area contributed by atoms with Crippen LogP contribution >= 0.6 is 0 Å². The van der Waals surface area contributed by atoms with Crippen molar-refractivity contribution in [2.45, 2.75) is 26.2 Å². The van der Waals surface area contributed by atoms with Crippen molar-refractivity contribution < 1.29 is 9.53 Å². The molecule has 1 aliphatic rings. The Morgan fingerprint density at radius 1 is 1.39 bits per heavy atom. The highest BCUT2D eigenvalue weighted by atomic mass is 16.5.